The second-order valence-corrected chi connectivity index (χ2v) is 17.8. The van der Waals surface area contributed by atoms with Crippen molar-refractivity contribution in [2.45, 2.75) is 123 Å². The fourth-order valence-electron chi connectivity index (χ4n) is 6.38. The van der Waals surface area contributed by atoms with Crippen molar-refractivity contribution in [3.63, 3.8) is 0 Å². The maximum absolute atomic E-state index is 14.8. The van der Waals surface area contributed by atoms with E-state index in [2.05, 4.69) is 47.7 Å². The minimum Gasteiger partial charge on any atom is -0.462 e. The Morgan fingerprint density at radius 3 is 2.29 bits per heavy atom. The highest BCUT2D eigenvalue weighted by Gasteiger charge is 2.62. The van der Waals surface area contributed by atoms with Gasteiger partial charge in [-0.05, 0) is 68.1 Å². The maximum atomic E-state index is 14.8. The quantitative estimate of drug-likeness (QED) is 0.0727. The van der Waals surface area contributed by atoms with E-state index in [1.54, 1.807) is 58.9 Å². The molecule has 3 heterocycles. The van der Waals surface area contributed by atoms with Crippen molar-refractivity contribution in [2.75, 3.05) is 18.9 Å². The fraction of sp³-hybridized carbons (Fsp3) is 0.590. The van der Waals surface area contributed by atoms with Crippen LogP contribution in [0.1, 0.15) is 92.3 Å². The van der Waals surface area contributed by atoms with Gasteiger partial charge in [-0.3, -0.25) is 23.9 Å². The molecule has 16 nitrogen and oxygen atoms in total. The highest BCUT2D eigenvalue weighted by atomic mass is 31.2. The summed E-state index contributed by atoms with van der Waals surface area (Å²) in [5, 5.41) is 7.27. The molecule has 2 aromatic heterocycles. The molecule has 1 unspecified atom stereocenters. The first-order valence-corrected chi connectivity index (χ1v) is 20.5. The number of hydrogen-bond donors (Lipinski definition) is 2. The number of aliphatic imine (C=N–C) groups is 1. The van der Waals surface area contributed by atoms with E-state index >= 15 is 0 Å². The highest BCUT2D eigenvalue weighted by Crippen LogP contribution is 2.49. The maximum Gasteiger partial charge on any atom is 0.459 e. The Balaban J connectivity index is 1.53. The summed E-state index contributed by atoms with van der Waals surface area (Å²) in [6.45, 7) is 17.5. The molecule has 0 bridgehead atoms. The third-order valence-electron chi connectivity index (χ3n) is 9.74. The molecule has 0 amide bonds. The van der Waals surface area contributed by atoms with Crippen molar-refractivity contribution in [1.29, 1.82) is 0 Å². The molecule has 6 atom stereocenters. The van der Waals surface area contributed by atoms with Crippen LogP contribution >= 0.6 is 7.75 Å². The number of aromatic nitrogens is 3. The van der Waals surface area contributed by atoms with E-state index in [-0.39, 0.29) is 36.1 Å². The zero-order chi connectivity index (χ0) is 41.0. The van der Waals surface area contributed by atoms with Crippen LogP contribution in [0.4, 0.5) is 5.82 Å². The molecule has 17 heteroatoms. The number of carbonyl (C=O) groups excluding carboxylic acids is 3. The third kappa shape index (κ3) is 9.77. The molecule has 3 aromatic rings. The third-order valence-corrected chi connectivity index (χ3v) is 11.4. The topological polar surface area (TPSA) is 204 Å². The van der Waals surface area contributed by atoms with Crippen LogP contribution in [0.5, 0.6) is 5.75 Å². The van der Waals surface area contributed by atoms with E-state index in [9.17, 15) is 18.9 Å². The fourth-order valence-corrected chi connectivity index (χ4v) is 7.94. The Morgan fingerprint density at radius 1 is 1.04 bits per heavy atom. The summed E-state index contributed by atoms with van der Waals surface area (Å²) in [6, 6.07) is 9.72. The average Bonchev–Trinajstić information content (AvgIpc) is 3.66. The van der Waals surface area contributed by atoms with Crippen molar-refractivity contribution >= 4 is 43.7 Å². The van der Waals surface area contributed by atoms with Gasteiger partial charge in [-0.15, -0.1) is 0 Å². The second kappa shape index (κ2) is 17.4. The molecule has 0 radical (unpaired) electrons. The van der Waals surface area contributed by atoms with E-state index in [1.165, 1.54) is 10.8 Å². The molecular formula is C39H55N6O10P. The molecule has 0 spiro atoms. The van der Waals surface area contributed by atoms with Crippen LogP contribution in [0.15, 0.2) is 47.7 Å². The number of rotatable bonds is 17. The highest BCUT2D eigenvalue weighted by molar-refractivity contribution is 7.52. The number of benzene rings is 1. The minimum absolute atomic E-state index is 0.113. The predicted molar refractivity (Wildman–Crippen MR) is 208 cm³/mol. The van der Waals surface area contributed by atoms with Crippen molar-refractivity contribution in [1.82, 2.24) is 19.7 Å². The molecule has 306 valence electrons. The van der Waals surface area contributed by atoms with E-state index in [0.717, 1.165) is 24.8 Å². The van der Waals surface area contributed by atoms with Gasteiger partial charge in [-0.25, -0.2) is 19.2 Å². The lowest BCUT2D eigenvalue weighted by molar-refractivity contribution is -0.175. The lowest BCUT2D eigenvalue weighted by Crippen LogP contribution is -2.49. The first kappa shape index (κ1) is 42.8. The predicted octanol–water partition coefficient (Wildman–Crippen LogP) is 5.71. The molecule has 1 aliphatic heterocycles. The molecular weight excluding hydrogens is 743 g/mol. The Morgan fingerprint density at radius 2 is 1.70 bits per heavy atom. The molecule has 1 saturated heterocycles. The van der Waals surface area contributed by atoms with E-state index < -0.39 is 74.1 Å². The van der Waals surface area contributed by atoms with Gasteiger partial charge in [0.2, 0.25) is 0 Å². The van der Waals surface area contributed by atoms with E-state index in [0.29, 0.717) is 11.2 Å². The van der Waals surface area contributed by atoms with Gasteiger partial charge in [0.1, 0.15) is 29.8 Å². The Hall–Kier alpha value is -4.37. The molecule has 5 rings (SSSR count). The van der Waals surface area contributed by atoms with Gasteiger partial charge in [0.15, 0.2) is 23.6 Å². The summed E-state index contributed by atoms with van der Waals surface area (Å²) in [6.07, 6.45) is -0.224. The van der Waals surface area contributed by atoms with E-state index in [4.69, 9.17) is 33.7 Å². The number of nitrogens with one attached hydrogen (secondary N) is 1. The van der Waals surface area contributed by atoms with Gasteiger partial charge in [0, 0.05) is 6.04 Å². The normalized spacial score (nSPS) is 23.0. The van der Waals surface area contributed by atoms with Gasteiger partial charge in [0.05, 0.1) is 37.1 Å². The standard InChI is InChI=1S/C39H55N6O10P/c1-23(2)36(47)52-33-30(54-39(21-41-9,34(33)53-37(48)24(3)4)31-18-17-29-35(40)42-22-43-45(29)31)20-50-56(49,44-25(5)19-32(46)51-27-11-10-12-27)55-28-15-13-26(14-16-28)38(6,7)8/h13-18,22-25,27,30,33-34H,9-12,19-21H2,1-8H3,(H,44,49)(H2,40,42,43)/t25-,30+,33+,34+,39-,56?/m0/s1. The van der Waals surface area contributed by atoms with E-state index in [1.807, 2.05) is 12.1 Å². The smallest absolute Gasteiger partial charge is 0.459 e. The largest absolute Gasteiger partial charge is 0.462 e. The van der Waals surface area contributed by atoms with Crippen molar-refractivity contribution in [3.8, 4) is 5.75 Å². The number of esters is 3. The molecule has 56 heavy (non-hydrogen) atoms. The summed E-state index contributed by atoms with van der Waals surface area (Å²) in [7, 11) is -4.36. The number of carbonyl (C=O) groups is 3. The van der Waals surface area contributed by atoms with Crippen molar-refractivity contribution < 1.29 is 46.9 Å². The Bertz CT molecular complexity index is 1920. The number of nitrogen functional groups attached to an aromatic ring is 1. The second-order valence-electron chi connectivity index (χ2n) is 16.1. The van der Waals surface area contributed by atoms with Gasteiger partial charge in [-0.2, -0.15) is 5.10 Å². The average molecular weight is 799 g/mol. The monoisotopic (exact) mass is 798 g/mol. The van der Waals surface area contributed by atoms with Gasteiger partial charge < -0.3 is 29.2 Å². The Kier molecular flexibility index (Phi) is 13.3. The number of ether oxygens (including phenoxy) is 4. The summed E-state index contributed by atoms with van der Waals surface area (Å²) >= 11 is 0. The van der Waals surface area contributed by atoms with Crippen LogP contribution in [-0.4, -0.2) is 82.8 Å². The lowest BCUT2D eigenvalue weighted by atomic mass is 9.87. The number of nitrogens with two attached hydrogens (primary N) is 1. The molecule has 2 fully saturated rings. The SMILES string of the molecule is C=NC[C@@]1(c2ccc3c(N)ncnn23)O[C@H](COP(=O)(N[C@@H](C)CC(=O)OC2CCC2)Oc2ccc(C(C)(C)C)cc2)[C@@H](OC(=O)C(C)C)[C@H]1OC(=O)C(C)C. The molecule has 1 aromatic carbocycles. The Labute approximate surface area is 327 Å². The number of nitrogens with zero attached hydrogens (tertiary/aromatic N) is 4. The summed E-state index contributed by atoms with van der Waals surface area (Å²) in [5.74, 6) is -2.42. The van der Waals surface area contributed by atoms with Crippen LogP contribution in [0.2, 0.25) is 0 Å². The van der Waals surface area contributed by atoms with Crippen LogP contribution in [0, 0.1) is 11.8 Å². The molecule has 2 aliphatic rings. The summed E-state index contributed by atoms with van der Waals surface area (Å²) in [4.78, 5) is 47.7. The summed E-state index contributed by atoms with van der Waals surface area (Å²) < 4.78 is 53.0. The van der Waals surface area contributed by atoms with Gasteiger partial charge >= 0.3 is 25.7 Å². The lowest BCUT2D eigenvalue weighted by Gasteiger charge is -2.33. The number of anilines is 1. The first-order chi connectivity index (χ1) is 26.4. The molecule has 1 aliphatic carbocycles. The number of hydrogen-bond acceptors (Lipinski definition) is 14. The van der Waals surface area contributed by atoms with Crippen LogP contribution in [-0.2, 0) is 53.4 Å². The molecule has 3 N–H and O–H groups in total. The molecule has 1 saturated carbocycles. The minimum atomic E-state index is -4.36. The summed E-state index contributed by atoms with van der Waals surface area (Å²) in [5.41, 5.74) is 6.16. The van der Waals surface area contributed by atoms with Gasteiger partial charge in [-0.1, -0.05) is 60.6 Å². The van der Waals surface area contributed by atoms with Crippen LogP contribution < -0.4 is 15.3 Å². The first-order valence-electron chi connectivity index (χ1n) is 19.0. The van der Waals surface area contributed by atoms with Crippen molar-refractivity contribution in [3.05, 3.63) is 54.0 Å². The zero-order valence-electron chi connectivity index (χ0n) is 33.4. The van der Waals surface area contributed by atoms with Crippen LogP contribution in [0.3, 0.4) is 0 Å². The zero-order valence-corrected chi connectivity index (χ0v) is 34.3. The van der Waals surface area contributed by atoms with Crippen molar-refractivity contribution in [2.24, 2.45) is 16.8 Å². The number of fused-ring (bicyclic) bond motifs is 1. The van der Waals surface area contributed by atoms with Gasteiger partial charge in [0.25, 0.3) is 0 Å². The van der Waals surface area contributed by atoms with Crippen LogP contribution in [0.25, 0.3) is 5.52 Å².